The molecular formula is C14H14FN3O5. The maximum atomic E-state index is 13.6. The van der Waals surface area contributed by atoms with Gasteiger partial charge >= 0.3 is 5.97 Å². The van der Waals surface area contributed by atoms with Crippen LogP contribution in [0.2, 0.25) is 0 Å². The van der Waals surface area contributed by atoms with Gasteiger partial charge in [0.15, 0.2) is 5.71 Å². The van der Waals surface area contributed by atoms with Crippen LogP contribution >= 0.6 is 0 Å². The minimum atomic E-state index is -1.45. The SMILES string of the molecule is CO.Cc1cccc(C(=N)C(=O)O)c1Oc1nc[nH]c(=O)c1F. The minimum absolute atomic E-state index is 0.0380. The van der Waals surface area contributed by atoms with Gasteiger partial charge in [-0.3, -0.25) is 10.2 Å². The quantitative estimate of drug-likeness (QED) is 0.621. The number of benzene rings is 1. The number of carboxylic acid groups (broad SMARTS) is 1. The van der Waals surface area contributed by atoms with E-state index in [-0.39, 0.29) is 11.3 Å². The van der Waals surface area contributed by atoms with Crippen LogP contribution in [-0.2, 0) is 4.79 Å². The summed E-state index contributed by atoms with van der Waals surface area (Å²) in [6.07, 6.45) is 0.960. The molecule has 0 aliphatic rings. The molecule has 1 aromatic heterocycles. The van der Waals surface area contributed by atoms with E-state index in [1.165, 1.54) is 12.1 Å². The summed E-state index contributed by atoms with van der Waals surface area (Å²) in [4.78, 5) is 27.7. The Morgan fingerprint density at radius 2 is 2.04 bits per heavy atom. The van der Waals surface area contributed by atoms with Gasteiger partial charge in [-0.15, -0.1) is 0 Å². The van der Waals surface area contributed by atoms with Crippen LogP contribution in [0.4, 0.5) is 4.39 Å². The van der Waals surface area contributed by atoms with Crippen LogP contribution in [0.15, 0.2) is 29.3 Å². The number of ether oxygens (including phenoxy) is 1. The molecule has 1 aromatic carbocycles. The van der Waals surface area contributed by atoms with E-state index < -0.39 is 28.9 Å². The lowest BCUT2D eigenvalue weighted by Gasteiger charge is -2.12. The summed E-state index contributed by atoms with van der Waals surface area (Å²) >= 11 is 0. The predicted octanol–water partition coefficient (Wildman–Crippen LogP) is 1.07. The number of nitrogens with zero attached hydrogens (tertiary/aromatic N) is 1. The largest absolute Gasteiger partial charge is 0.477 e. The van der Waals surface area contributed by atoms with E-state index in [1.54, 1.807) is 13.0 Å². The van der Waals surface area contributed by atoms with Gasteiger partial charge in [0, 0.05) is 12.7 Å². The van der Waals surface area contributed by atoms with Crippen molar-refractivity contribution in [3.63, 3.8) is 0 Å². The third-order valence-electron chi connectivity index (χ3n) is 2.66. The van der Waals surface area contributed by atoms with Gasteiger partial charge in [-0.1, -0.05) is 12.1 Å². The van der Waals surface area contributed by atoms with Crippen LogP contribution in [0.5, 0.6) is 11.6 Å². The van der Waals surface area contributed by atoms with Gasteiger partial charge in [-0.25, -0.2) is 9.78 Å². The predicted molar refractivity (Wildman–Crippen MR) is 78.7 cm³/mol. The lowest BCUT2D eigenvalue weighted by atomic mass is 10.1. The van der Waals surface area contributed by atoms with Gasteiger partial charge in [0.05, 0.1) is 6.33 Å². The molecule has 0 fully saturated rings. The molecular weight excluding hydrogens is 309 g/mol. The third-order valence-corrected chi connectivity index (χ3v) is 2.66. The summed E-state index contributed by atoms with van der Waals surface area (Å²) < 4.78 is 18.8. The molecule has 0 unspecified atom stereocenters. The zero-order chi connectivity index (χ0) is 17.6. The standard InChI is InChI=1S/C13H10FN3O4.CH4O/c1-6-3-2-4-7(9(15)13(19)20)10(6)21-12-8(14)11(18)16-5-17-12;1-2/h2-5,15H,1H3,(H,19,20)(H,16,17,18);2H,1H3. The highest BCUT2D eigenvalue weighted by Crippen LogP contribution is 2.28. The van der Waals surface area contributed by atoms with Gasteiger partial charge in [-0.2, -0.15) is 4.39 Å². The van der Waals surface area contributed by atoms with Crippen molar-refractivity contribution in [3.8, 4) is 11.6 Å². The molecule has 0 aliphatic heterocycles. The molecule has 0 spiro atoms. The summed E-state index contributed by atoms with van der Waals surface area (Å²) in [5, 5.41) is 23.4. The smallest absolute Gasteiger partial charge is 0.354 e. The Labute approximate surface area is 129 Å². The average molecular weight is 323 g/mol. The molecule has 23 heavy (non-hydrogen) atoms. The highest BCUT2D eigenvalue weighted by Gasteiger charge is 2.20. The number of aliphatic carboxylic acids is 1. The first-order chi connectivity index (χ1) is 10.9. The normalized spacial score (nSPS) is 9.57. The van der Waals surface area contributed by atoms with Crippen LogP contribution in [0.25, 0.3) is 0 Å². The zero-order valence-corrected chi connectivity index (χ0v) is 12.3. The Kier molecular flexibility index (Phi) is 6.10. The number of carbonyl (C=O) groups is 1. The fourth-order valence-corrected chi connectivity index (χ4v) is 1.63. The Morgan fingerprint density at radius 1 is 1.39 bits per heavy atom. The molecule has 0 saturated heterocycles. The molecule has 9 heteroatoms. The first-order valence-corrected chi connectivity index (χ1v) is 6.19. The lowest BCUT2D eigenvalue weighted by Crippen LogP contribution is -2.16. The zero-order valence-electron chi connectivity index (χ0n) is 12.3. The second-order valence-corrected chi connectivity index (χ2v) is 4.08. The summed E-state index contributed by atoms with van der Waals surface area (Å²) in [6, 6.07) is 4.49. The summed E-state index contributed by atoms with van der Waals surface area (Å²) in [5.41, 5.74) is -1.29. The van der Waals surface area contributed by atoms with Crippen molar-refractivity contribution < 1.29 is 24.1 Å². The van der Waals surface area contributed by atoms with Crippen molar-refractivity contribution in [2.75, 3.05) is 7.11 Å². The number of aromatic nitrogens is 2. The monoisotopic (exact) mass is 323 g/mol. The summed E-state index contributed by atoms with van der Waals surface area (Å²) in [6.45, 7) is 1.60. The number of halogens is 1. The molecule has 0 atom stereocenters. The maximum absolute atomic E-state index is 13.6. The second kappa shape index (κ2) is 7.80. The fraction of sp³-hybridized carbons (Fsp3) is 0.143. The molecule has 8 nitrogen and oxygen atoms in total. The Balaban J connectivity index is 0.00000127. The number of hydrogen-bond acceptors (Lipinski definition) is 6. The number of hydrogen-bond donors (Lipinski definition) is 4. The topological polar surface area (TPSA) is 136 Å². The Bertz CT molecular complexity index is 788. The van der Waals surface area contributed by atoms with E-state index in [2.05, 4.69) is 4.98 Å². The van der Waals surface area contributed by atoms with E-state index >= 15 is 0 Å². The van der Waals surface area contributed by atoms with E-state index in [4.69, 9.17) is 20.4 Å². The van der Waals surface area contributed by atoms with Crippen molar-refractivity contribution in [2.24, 2.45) is 0 Å². The highest BCUT2D eigenvalue weighted by molar-refractivity contribution is 6.41. The molecule has 0 saturated carbocycles. The molecule has 122 valence electrons. The van der Waals surface area contributed by atoms with Crippen molar-refractivity contribution >= 4 is 11.7 Å². The molecule has 4 N–H and O–H groups in total. The van der Waals surface area contributed by atoms with E-state index in [1.807, 2.05) is 4.98 Å². The molecule has 2 rings (SSSR count). The number of rotatable bonds is 4. The van der Waals surface area contributed by atoms with E-state index in [0.717, 1.165) is 13.4 Å². The molecule has 0 radical (unpaired) electrons. The number of aliphatic hydroxyl groups is 1. The number of aliphatic hydroxyl groups excluding tert-OH is 1. The first-order valence-electron chi connectivity index (χ1n) is 6.19. The Hall–Kier alpha value is -3.07. The minimum Gasteiger partial charge on any atom is -0.477 e. The van der Waals surface area contributed by atoms with Crippen molar-refractivity contribution in [1.82, 2.24) is 9.97 Å². The van der Waals surface area contributed by atoms with Gasteiger partial charge in [0.2, 0.25) is 5.82 Å². The molecule has 1 heterocycles. The van der Waals surface area contributed by atoms with Crippen LogP contribution in [0, 0.1) is 18.2 Å². The van der Waals surface area contributed by atoms with Gasteiger partial charge < -0.3 is 19.9 Å². The van der Waals surface area contributed by atoms with Gasteiger partial charge in [-0.05, 0) is 18.6 Å². The highest BCUT2D eigenvalue weighted by atomic mass is 19.1. The summed E-state index contributed by atoms with van der Waals surface area (Å²) in [7, 11) is 1.00. The maximum Gasteiger partial charge on any atom is 0.354 e. The number of para-hydroxylation sites is 1. The fourth-order valence-electron chi connectivity index (χ4n) is 1.63. The van der Waals surface area contributed by atoms with E-state index in [0.29, 0.717) is 5.56 Å². The van der Waals surface area contributed by atoms with Crippen molar-refractivity contribution in [2.45, 2.75) is 6.92 Å². The van der Waals surface area contributed by atoms with Crippen LogP contribution in [0.3, 0.4) is 0 Å². The number of carboxylic acids is 1. The molecule has 0 aliphatic carbocycles. The van der Waals surface area contributed by atoms with E-state index in [9.17, 15) is 14.0 Å². The number of aromatic amines is 1. The van der Waals surface area contributed by atoms with Crippen molar-refractivity contribution in [3.05, 3.63) is 51.8 Å². The second-order valence-electron chi connectivity index (χ2n) is 4.08. The van der Waals surface area contributed by atoms with Gasteiger partial charge in [0.1, 0.15) is 5.75 Å². The van der Waals surface area contributed by atoms with Gasteiger partial charge in [0.25, 0.3) is 11.4 Å². The molecule has 0 bridgehead atoms. The van der Waals surface area contributed by atoms with Crippen LogP contribution in [-0.4, -0.2) is 39.0 Å². The number of nitrogens with one attached hydrogen (secondary N) is 2. The number of H-pyrrole nitrogens is 1. The van der Waals surface area contributed by atoms with Crippen LogP contribution < -0.4 is 10.3 Å². The summed E-state index contributed by atoms with van der Waals surface area (Å²) in [5.74, 6) is -3.31. The van der Waals surface area contributed by atoms with Crippen molar-refractivity contribution in [1.29, 1.82) is 5.41 Å². The average Bonchev–Trinajstić information content (AvgIpc) is 2.54. The van der Waals surface area contributed by atoms with Crippen LogP contribution in [0.1, 0.15) is 11.1 Å². The Morgan fingerprint density at radius 3 is 2.65 bits per heavy atom. The molecule has 0 amide bonds. The molecule has 2 aromatic rings. The third kappa shape index (κ3) is 3.98. The first kappa shape index (κ1) is 18.0. The number of aryl methyl sites for hydroxylation is 1. The lowest BCUT2D eigenvalue weighted by molar-refractivity contribution is -0.129.